The fourth-order valence-corrected chi connectivity index (χ4v) is 3.91. The smallest absolute Gasteiger partial charge is 0.259 e. The molecule has 2 aromatic carbocycles. The molecule has 1 heterocycles. The van der Waals surface area contributed by atoms with E-state index in [0.29, 0.717) is 23.6 Å². The van der Waals surface area contributed by atoms with E-state index in [0.717, 1.165) is 12.8 Å². The number of ether oxygens (including phenoxy) is 2. The van der Waals surface area contributed by atoms with E-state index in [1.54, 1.807) is 36.4 Å². The van der Waals surface area contributed by atoms with Gasteiger partial charge in [0, 0.05) is 18.8 Å². The highest BCUT2D eigenvalue weighted by Crippen LogP contribution is 2.20. The normalized spacial score (nSPS) is 16.9. The molecule has 0 aliphatic carbocycles. The Bertz CT molecular complexity index is 891. The number of carbonyl (C=O) groups excluding carboxylic acids is 1. The molecule has 0 radical (unpaired) electrons. The second-order valence-electron chi connectivity index (χ2n) is 6.17. The van der Waals surface area contributed by atoms with Crippen LogP contribution in [0.1, 0.15) is 23.2 Å². The molecular weight excluding hydrogens is 368 g/mol. The molecular formula is C19H22N2O5S. The van der Waals surface area contributed by atoms with E-state index in [1.165, 1.54) is 19.2 Å². The summed E-state index contributed by atoms with van der Waals surface area (Å²) in [7, 11) is -2.12. The molecule has 0 aromatic heterocycles. The van der Waals surface area contributed by atoms with Crippen LogP contribution in [-0.4, -0.2) is 40.7 Å². The van der Waals surface area contributed by atoms with Crippen LogP contribution in [-0.2, 0) is 14.8 Å². The number of amides is 1. The van der Waals surface area contributed by atoms with Gasteiger partial charge in [-0.15, -0.1) is 0 Å². The van der Waals surface area contributed by atoms with Crippen molar-refractivity contribution in [3.63, 3.8) is 0 Å². The zero-order valence-electron chi connectivity index (χ0n) is 15.0. The monoisotopic (exact) mass is 390 g/mol. The Morgan fingerprint density at radius 2 is 1.93 bits per heavy atom. The van der Waals surface area contributed by atoms with Crippen molar-refractivity contribution in [3.05, 3.63) is 54.1 Å². The summed E-state index contributed by atoms with van der Waals surface area (Å²) in [4.78, 5) is 12.5. The van der Waals surface area contributed by atoms with Crippen molar-refractivity contribution in [2.45, 2.75) is 23.8 Å². The quantitative estimate of drug-likeness (QED) is 0.757. The molecule has 0 saturated carbocycles. The van der Waals surface area contributed by atoms with Gasteiger partial charge in [0.2, 0.25) is 10.0 Å². The number of para-hydroxylation sites is 1. The molecule has 3 rings (SSSR count). The fourth-order valence-electron chi connectivity index (χ4n) is 2.84. The predicted molar refractivity (Wildman–Crippen MR) is 102 cm³/mol. The SMILES string of the molecule is COc1ccccc1C(=O)Nc1ccc(S(=O)(=O)NCC2CCCO2)cc1. The molecule has 0 spiro atoms. The van der Waals surface area contributed by atoms with Crippen LogP contribution in [0.4, 0.5) is 5.69 Å². The van der Waals surface area contributed by atoms with Crippen molar-refractivity contribution in [2.75, 3.05) is 25.6 Å². The number of nitrogens with one attached hydrogen (secondary N) is 2. The van der Waals surface area contributed by atoms with E-state index in [9.17, 15) is 13.2 Å². The van der Waals surface area contributed by atoms with Gasteiger partial charge in [-0.1, -0.05) is 12.1 Å². The summed E-state index contributed by atoms with van der Waals surface area (Å²) in [6.07, 6.45) is 1.74. The summed E-state index contributed by atoms with van der Waals surface area (Å²) >= 11 is 0. The molecule has 1 saturated heterocycles. The summed E-state index contributed by atoms with van der Waals surface area (Å²) < 4.78 is 37.9. The van der Waals surface area contributed by atoms with Gasteiger partial charge in [0.15, 0.2) is 0 Å². The second-order valence-corrected chi connectivity index (χ2v) is 7.93. The standard InChI is InChI=1S/C19H22N2O5S/c1-25-18-7-3-2-6-17(18)19(22)21-14-8-10-16(11-9-14)27(23,24)20-13-15-5-4-12-26-15/h2-3,6-11,15,20H,4-5,12-13H2,1H3,(H,21,22). The Morgan fingerprint density at radius 1 is 1.19 bits per heavy atom. The van der Waals surface area contributed by atoms with Gasteiger partial charge in [0.05, 0.1) is 23.7 Å². The number of anilines is 1. The maximum absolute atomic E-state index is 12.4. The molecule has 2 N–H and O–H groups in total. The Kier molecular flexibility index (Phi) is 6.10. The lowest BCUT2D eigenvalue weighted by Gasteiger charge is -2.12. The highest BCUT2D eigenvalue weighted by atomic mass is 32.2. The van der Waals surface area contributed by atoms with Crippen LogP contribution < -0.4 is 14.8 Å². The van der Waals surface area contributed by atoms with Crippen LogP contribution >= 0.6 is 0 Å². The van der Waals surface area contributed by atoms with Gasteiger partial charge in [-0.25, -0.2) is 13.1 Å². The first-order valence-corrected chi connectivity index (χ1v) is 10.1. The van der Waals surface area contributed by atoms with E-state index in [1.807, 2.05) is 0 Å². The van der Waals surface area contributed by atoms with E-state index < -0.39 is 10.0 Å². The minimum atomic E-state index is -3.62. The number of rotatable bonds is 7. The van der Waals surface area contributed by atoms with E-state index in [4.69, 9.17) is 9.47 Å². The van der Waals surface area contributed by atoms with Crippen molar-refractivity contribution >= 4 is 21.6 Å². The number of carbonyl (C=O) groups is 1. The van der Waals surface area contributed by atoms with Gasteiger partial charge in [-0.3, -0.25) is 4.79 Å². The molecule has 1 aliphatic rings. The largest absolute Gasteiger partial charge is 0.496 e. The summed E-state index contributed by atoms with van der Waals surface area (Å²) in [5.74, 6) is 0.132. The molecule has 1 amide bonds. The minimum Gasteiger partial charge on any atom is -0.496 e. The molecule has 1 fully saturated rings. The van der Waals surface area contributed by atoms with Crippen LogP contribution in [0.25, 0.3) is 0 Å². The van der Waals surface area contributed by atoms with E-state index in [2.05, 4.69) is 10.0 Å². The number of sulfonamides is 1. The van der Waals surface area contributed by atoms with Crippen molar-refractivity contribution in [3.8, 4) is 5.75 Å². The first kappa shape index (κ1) is 19.3. The molecule has 8 heteroatoms. The maximum Gasteiger partial charge on any atom is 0.259 e. The van der Waals surface area contributed by atoms with Crippen LogP contribution in [0.3, 0.4) is 0 Å². The lowest BCUT2D eigenvalue weighted by Crippen LogP contribution is -2.31. The molecule has 2 aromatic rings. The molecule has 0 bridgehead atoms. The highest BCUT2D eigenvalue weighted by molar-refractivity contribution is 7.89. The van der Waals surface area contributed by atoms with Crippen LogP contribution in [0, 0.1) is 0 Å². The van der Waals surface area contributed by atoms with Crippen LogP contribution in [0.2, 0.25) is 0 Å². The topological polar surface area (TPSA) is 93.7 Å². The van der Waals surface area contributed by atoms with Crippen molar-refractivity contribution < 1.29 is 22.7 Å². The second kappa shape index (κ2) is 8.51. The molecule has 7 nitrogen and oxygen atoms in total. The molecule has 1 aliphatic heterocycles. The summed E-state index contributed by atoms with van der Waals surface area (Å²) in [6.45, 7) is 0.932. The summed E-state index contributed by atoms with van der Waals surface area (Å²) in [5, 5.41) is 2.73. The lowest BCUT2D eigenvalue weighted by atomic mass is 10.2. The van der Waals surface area contributed by atoms with Gasteiger partial charge in [-0.2, -0.15) is 0 Å². The number of benzene rings is 2. The molecule has 144 valence electrons. The summed E-state index contributed by atoms with van der Waals surface area (Å²) in [5.41, 5.74) is 0.888. The summed E-state index contributed by atoms with van der Waals surface area (Å²) in [6, 6.07) is 12.9. The first-order valence-electron chi connectivity index (χ1n) is 8.65. The Morgan fingerprint density at radius 3 is 2.59 bits per heavy atom. The van der Waals surface area contributed by atoms with E-state index >= 15 is 0 Å². The van der Waals surface area contributed by atoms with Gasteiger partial charge < -0.3 is 14.8 Å². The average molecular weight is 390 g/mol. The molecule has 1 unspecified atom stereocenters. The number of hydrogen-bond acceptors (Lipinski definition) is 5. The number of hydrogen-bond donors (Lipinski definition) is 2. The zero-order valence-corrected chi connectivity index (χ0v) is 15.8. The van der Waals surface area contributed by atoms with Crippen LogP contribution in [0.5, 0.6) is 5.75 Å². The van der Waals surface area contributed by atoms with Crippen molar-refractivity contribution in [1.82, 2.24) is 4.72 Å². The van der Waals surface area contributed by atoms with Crippen LogP contribution in [0.15, 0.2) is 53.4 Å². The average Bonchev–Trinajstić information content (AvgIpc) is 3.20. The van der Waals surface area contributed by atoms with Gasteiger partial charge >= 0.3 is 0 Å². The Labute approximate surface area is 158 Å². The molecule has 27 heavy (non-hydrogen) atoms. The number of methoxy groups -OCH3 is 1. The van der Waals surface area contributed by atoms with Crippen molar-refractivity contribution in [1.29, 1.82) is 0 Å². The third kappa shape index (κ3) is 4.85. The van der Waals surface area contributed by atoms with Crippen molar-refractivity contribution in [2.24, 2.45) is 0 Å². The molecule has 1 atom stereocenters. The lowest BCUT2D eigenvalue weighted by molar-refractivity contribution is 0.102. The highest BCUT2D eigenvalue weighted by Gasteiger charge is 2.20. The minimum absolute atomic E-state index is 0.0702. The fraction of sp³-hybridized carbons (Fsp3) is 0.316. The van der Waals surface area contributed by atoms with Gasteiger partial charge in [0.1, 0.15) is 5.75 Å². The Balaban J connectivity index is 1.65. The third-order valence-electron chi connectivity index (χ3n) is 4.30. The van der Waals surface area contributed by atoms with Gasteiger partial charge in [-0.05, 0) is 49.2 Å². The first-order chi connectivity index (χ1) is 13.0. The predicted octanol–water partition coefficient (Wildman–Crippen LogP) is 2.40. The maximum atomic E-state index is 12.4. The van der Waals surface area contributed by atoms with E-state index in [-0.39, 0.29) is 23.5 Å². The Hall–Kier alpha value is -2.42. The van der Waals surface area contributed by atoms with Gasteiger partial charge in [0.25, 0.3) is 5.91 Å². The third-order valence-corrected chi connectivity index (χ3v) is 5.74. The zero-order chi connectivity index (χ0) is 19.3.